The predicted molar refractivity (Wildman–Crippen MR) is 116 cm³/mol. The topological polar surface area (TPSA) is 85.7 Å². The molecule has 28 heavy (non-hydrogen) atoms. The molecule has 0 saturated carbocycles. The van der Waals surface area contributed by atoms with Crippen LogP contribution in [0.5, 0.6) is 5.88 Å². The number of hydrogen-bond donors (Lipinski definition) is 2. The highest BCUT2D eigenvalue weighted by Crippen LogP contribution is 2.13. The van der Waals surface area contributed by atoms with Crippen LogP contribution in [0.4, 0.5) is 5.95 Å². The maximum absolute atomic E-state index is 9.89. The Balaban J connectivity index is 2.04. The molecule has 0 atom stereocenters. The van der Waals surface area contributed by atoms with E-state index in [1.165, 1.54) is 83.5 Å². The first-order valence-corrected chi connectivity index (χ1v) is 11.4. The lowest BCUT2D eigenvalue weighted by molar-refractivity contribution is 0.172. The lowest BCUT2D eigenvalue weighted by atomic mass is 10.0. The minimum Gasteiger partial charge on any atom is -0.478 e. The SMILES string of the molecule is CCCCCCCCCCCCCCCCN=c1cc(OCC)nc(N)n1O. The second kappa shape index (κ2) is 16.3. The van der Waals surface area contributed by atoms with Crippen molar-refractivity contribution in [2.75, 3.05) is 18.9 Å². The molecule has 1 aromatic rings. The number of unbranched alkanes of at least 4 members (excludes halogenated alkanes) is 13. The molecule has 0 radical (unpaired) electrons. The molecule has 6 heteroatoms. The van der Waals surface area contributed by atoms with Crippen molar-refractivity contribution in [1.82, 2.24) is 9.71 Å². The molecule has 162 valence electrons. The van der Waals surface area contributed by atoms with Gasteiger partial charge in [0.05, 0.1) is 6.61 Å². The molecule has 0 bridgehead atoms. The van der Waals surface area contributed by atoms with E-state index in [1.54, 1.807) is 6.07 Å². The molecule has 6 nitrogen and oxygen atoms in total. The Labute approximate surface area is 171 Å². The van der Waals surface area contributed by atoms with Crippen molar-refractivity contribution < 1.29 is 9.94 Å². The number of aromatic nitrogens is 2. The number of rotatable bonds is 17. The summed E-state index contributed by atoms with van der Waals surface area (Å²) in [7, 11) is 0. The van der Waals surface area contributed by atoms with E-state index in [2.05, 4.69) is 16.9 Å². The molecule has 3 N–H and O–H groups in total. The van der Waals surface area contributed by atoms with Crippen LogP contribution < -0.4 is 16.0 Å². The third-order valence-electron chi connectivity index (χ3n) is 4.99. The molecule has 0 unspecified atom stereocenters. The van der Waals surface area contributed by atoms with Gasteiger partial charge in [0, 0.05) is 12.6 Å². The molecular weight excluding hydrogens is 352 g/mol. The maximum Gasteiger partial charge on any atom is 0.239 e. The summed E-state index contributed by atoms with van der Waals surface area (Å²) in [6, 6.07) is 1.61. The van der Waals surface area contributed by atoms with Crippen molar-refractivity contribution in [3.63, 3.8) is 0 Å². The van der Waals surface area contributed by atoms with Gasteiger partial charge in [0.1, 0.15) is 0 Å². The molecular formula is C22H42N4O2. The molecule has 0 aliphatic rings. The van der Waals surface area contributed by atoms with Gasteiger partial charge in [-0.25, -0.2) is 0 Å². The number of ether oxygens (including phenoxy) is 1. The Morgan fingerprint density at radius 3 is 1.89 bits per heavy atom. The lowest BCUT2D eigenvalue weighted by Crippen LogP contribution is -2.23. The summed E-state index contributed by atoms with van der Waals surface area (Å²) in [6.07, 6.45) is 18.7. The maximum atomic E-state index is 9.89. The molecule has 0 aliphatic heterocycles. The number of nitrogens with zero attached hydrogens (tertiary/aromatic N) is 3. The van der Waals surface area contributed by atoms with E-state index >= 15 is 0 Å². The highest BCUT2D eigenvalue weighted by Gasteiger charge is 2.03. The first kappa shape index (κ1) is 24.3. The number of anilines is 1. The summed E-state index contributed by atoms with van der Waals surface area (Å²) in [5.74, 6) is 0.385. The molecule has 1 rings (SSSR count). The van der Waals surface area contributed by atoms with Crippen molar-refractivity contribution in [1.29, 1.82) is 0 Å². The predicted octanol–water partition coefficient (Wildman–Crippen LogP) is 5.48. The van der Waals surface area contributed by atoms with Crippen molar-refractivity contribution in [3.8, 4) is 5.88 Å². The van der Waals surface area contributed by atoms with Crippen LogP contribution in [0.25, 0.3) is 0 Å². The summed E-state index contributed by atoms with van der Waals surface area (Å²) in [4.78, 5) is 8.37. The normalized spacial score (nSPS) is 11.9. The quantitative estimate of drug-likeness (QED) is 0.270. The van der Waals surface area contributed by atoms with E-state index in [0.29, 0.717) is 24.5 Å². The van der Waals surface area contributed by atoms with Crippen LogP contribution in [0, 0.1) is 0 Å². The van der Waals surface area contributed by atoms with Crippen LogP contribution in [0.15, 0.2) is 11.1 Å². The molecule has 0 aliphatic carbocycles. The summed E-state index contributed by atoms with van der Waals surface area (Å²) in [5, 5.41) is 9.89. The smallest absolute Gasteiger partial charge is 0.239 e. The van der Waals surface area contributed by atoms with Gasteiger partial charge in [0.2, 0.25) is 11.8 Å². The highest BCUT2D eigenvalue weighted by molar-refractivity contribution is 5.21. The van der Waals surface area contributed by atoms with Crippen LogP contribution in [-0.4, -0.2) is 28.1 Å². The summed E-state index contributed by atoms with van der Waals surface area (Å²) < 4.78 is 6.15. The minimum absolute atomic E-state index is 0.00865. The second-order valence-corrected chi connectivity index (χ2v) is 7.53. The van der Waals surface area contributed by atoms with E-state index < -0.39 is 0 Å². The van der Waals surface area contributed by atoms with Crippen molar-refractivity contribution >= 4 is 5.95 Å². The van der Waals surface area contributed by atoms with Crippen LogP contribution in [0.1, 0.15) is 104 Å². The van der Waals surface area contributed by atoms with E-state index in [0.717, 1.165) is 11.2 Å². The first-order valence-electron chi connectivity index (χ1n) is 11.4. The lowest BCUT2D eigenvalue weighted by Gasteiger charge is -2.06. The molecule has 0 spiro atoms. The molecule has 1 aromatic heterocycles. The average Bonchev–Trinajstić information content (AvgIpc) is 2.68. The van der Waals surface area contributed by atoms with Crippen LogP contribution in [-0.2, 0) is 0 Å². The second-order valence-electron chi connectivity index (χ2n) is 7.53. The fraction of sp³-hybridized carbons (Fsp3) is 0.818. The van der Waals surface area contributed by atoms with Crippen molar-refractivity contribution in [3.05, 3.63) is 11.6 Å². The minimum atomic E-state index is -0.00865. The van der Waals surface area contributed by atoms with E-state index in [1.807, 2.05) is 6.92 Å². The summed E-state index contributed by atoms with van der Waals surface area (Å²) in [5.41, 5.74) is 6.06. The number of nitrogen functional groups attached to an aromatic ring is 1. The van der Waals surface area contributed by atoms with E-state index in [4.69, 9.17) is 10.5 Å². The molecule has 0 aromatic carbocycles. The van der Waals surface area contributed by atoms with Crippen LogP contribution in [0.2, 0.25) is 0 Å². The Morgan fingerprint density at radius 2 is 1.39 bits per heavy atom. The highest BCUT2D eigenvalue weighted by atomic mass is 16.5. The third kappa shape index (κ3) is 11.2. The van der Waals surface area contributed by atoms with Crippen molar-refractivity contribution in [2.24, 2.45) is 4.99 Å². The number of nitrogens with two attached hydrogens (primary N) is 1. The monoisotopic (exact) mass is 394 g/mol. The van der Waals surface area contributed by atoms with Gasteiger partial charge in [-0.15, -0.1) is 4.73 Å². The van der Waals surface area contributed by atoms with Crippen LogP contribution in [0.3, 0.4) is 0 Å². The zero-order chi connectivity index (χ0) is 20.5. The van der Waals surface area contributed by atoms with Gasteiger partial charge >= 0.3 is 0 Å². The van der Waals surface area contributed by atoms with E-state index in [9.17, 15) is 5.21 Å². The fourth-order valence-corrected chi connectivity index (χ4v) is 3.32. The van der Waals surface area contributed by atoms with Gasteiger partial charge in [-0.05, 0) is 13.3 Å². The van der Waals surface area contributed by atoms with E-state index in [-0.39, 0.29) is 5.95 Å². The van der Waals surface area contributed by atoms with Gasteiger partial charge < -0.3 is 15.7 Å². The average molecular weight is 395 g/mol. The van der Waals surface area contributed by atoms with Gasteiger partial charge in [0.25, 0.3) is 0 Å². The Kier molecular flexibility index (Phi) is 14.1. The largest absolute Gasteiger partial charge is 0.478 e. The summed E-state index contributed by atoms with van der Waals surface area (Å²) >= 11 is 0. The van der Waals surface area contributed by atoms with Gasteiger partial charge in [-0.3, -0.25) is 4.99 Å². The number of hydrogen-bond acceptors (Lipinski definition) is 5. The third-order valence-corrected chi connectivity index (χ3v) is 4.99. The fourth-order valence-electron chi connectivity index (χ4n) is 3.32. The summed E-state index contributed by atoms with van der Waals surface area (Å²) in [6.45, 7) is 5.33. The van der Waals surface area contributed by atoms with Gasteiger partial charge in [-0.1, -0.05) is 90.4 Å². The van der Waals surface area contributed by atoms with Crippen molar-refractivity contribution in [2.45, 2.75) is 104 Å². The molecule has 1 heterocycles. The standard InChI is InChI=1S/C22H42N4O2/c1-3-5-6-7-8-9-10-11-12-13-14-15-16-17-18-24-20-19-21(28-4-2)25-22(23)26(20)27/h19,27H,3-18H2,1-2H3,(H2,23,25). The Bertz CT molecular complexity index is 572. The Hall–Kier alpha value is -1.72. The first-order chi connectivity index (χ1) is 13.7. The van der Waals surface area contributed by atoms with Crippen LogP contribution >= 0.6 is 0 Å². The molecule has 0 amide bonds. The zero-order valence-electron chi connectivity index (χ0n) is 18.2. The molecule has 0 fully saturated rings. The molecule has 0 saturated heterocycles. The van der Waals surface area contributed by atoms with Gasteiger partial charge in [-0.2, -0.15) is 4.98 Å². The Morgan fingerprint density at radius 1 is 0.893 bits per heavy atom. The zero-order valence-corrected chi connectivity index (χ0v) is 18.2. The van der Waals surface area contributed by atoms with Gasteiger partial charge in [0.15, 0.2) is 5.49 Å².